The van der Waals surface area contributed by atoms with Crippen LogP contribution in [0.3, 0.4) is 0 Å². The zero-order chi connectivity index (χ0) is 16.8. The molecule has 0 radical (unpaired) electrons. The van der Waals surface area contributed by atoms with E-state index in [1.807, 2.05) is 30.0 Å². The molecule has 1 aromatic carbocycles. The van der Waals surface area contributed by atoms with E-state index in [0.717, 1.165) is 53.3 Å². The van der Waals surface area contributed by atoms with Gasteiger partial charge >= 0.3 is 0 Å². The average molecular weight is 425 g/mol. The van der Waals surface area contributed by atoms with Crippen molar-refractivity contribution in [2.45, 2.75) is 13.8 Å². The van der Waals surface area contributed by atoms with Crippen LogP contribution in [-0.2, 0) is 0 Å². The monoisotopic (exact) mass is 423 g/mol. The number of carbonyl (C=O) groups is 1. The lowest BCUT2D eigenvalue weighted by Gasteiger charge is -2.18. The topological polar surface area (TPSA) is 37.3 Å². The first-order valence-electron chi connectivity index (χ1n) is 8.49. The van der Waals surface area contributed by atoms with Crippen LogP contribution >= 0.6 is 28.3 Å². The number of likely N-dealkylation sites (tertiary alicyclic amines) is 1. The summed E-state index contributed by atoms with van der Waals surface area (Å²) in [6.07, 6.45) is 0. The molecule has 0 spiro atoms. The summed E-state index contributed by atoms with van der Waals surface area (Å²) in [5.74, 6) is 1.44. The Labute approximate surface area is 163 Å². The molecule has 2 atom stereocenters. The Hall–Kier alpha value is -1.30. The number of rotatable bonds is 2. The number of carbonyl (C=O) groups excluding carboxylic acids is 1. The number of halogens is 2. The number of nitrogens with zero attached hydrogens (tertiary/aromatic N) is 2. The fourth-order valence-corrected chi connectivity index (χ4v) is 4.42. The number of hydrogen-bond donors (Lipinski definition) is 1. The highest BCUT2D eigenvalue weighted by atomic mass is 79.9. The molecule has 6 heteroatoms. The summed E-state index contributed by atoms with van der Waals surface area (Å²) >= 11 is 3.48. The fourth-order valence-electron chi connectivity index (χ4n) is 4.16. The molecule has 3 heterocycles. The summed E-state index contributed by atoms with van der Waals surface area (Å²) in [4.78, 5) is 15.1. The molecule has 1 N–H and O–H groups in total. The van der Waals surface area contributed by atoms with Gasteiger partial charge in [-0.05, 0) is 56.0 Å². The van der Waals surface area contributed by atoms with Gasteiger partial charge < -0.3 is 14.8 Å². The molecule has 2 aromatic rings. The number of aromatic nitrogens is 1. The van der Waals surface area contributed by atoms with E-state index in [2.05, 4.69) is 44.9 Å². The number of amides is 1. The quantitative estimate of drug-likeness (QED) is 0.800. The van der Waals surface area contributed by atoms with Gasteiger partial charge in [-0.1, -0.05) is 15.9 Å². The second-order valence-electron chi connectivity index (χ2n) is 6.99. The van der Waals surface area contributed by atoms with E-state index in [1.54, 1.807) is 0 Å². The summed E-state index contributed by atoms with van der Waals surface area (Å²) < 4.78 is 3.22. The number of fused-ring (bicyclic) bond motifs is 1. The summed E-state index contributed by atoms with van der Waals surface area (Å²) in [5, 5.41) is 3.43. The number of benzene rings is 1. The summed E-state index contributed by atoms with van der Waals surface area (Å²) in [5.41, 5.74) is 4.05. The van der Waals surface area contributed by atoms with E-state index in [4.69, 9.17) is 0 Å². The molecule has 0 saturated carbocycles. The van der Waals surface area contributed by atoms with Crippen LogP contribution in [0.15, 0.2) is 34.8 Å². The van der Waals surface area contributed by atoms with Gasteiger partial charge in [0.1, 0.15) is 0 Å². The minimum absolute atomic E-state index is 0. The zero-order valence-electron chi connectivity index (χ0n) is 14.5. The molecule has 25 heavy (non-hydrogen) atoms. The van der Waals surface area contributed by atoms with Gasteiger partial charge in [-0.2, -0.15) is 0 Å². The maximum Gasteiger partial charge on any atom is 0.255 e. The molecule has 1 amide bonds. The predicted octanol–water partition coefficient (Wildman–Crippen LogP) is 3.57. The third kappa shape index (κ3) is 3.25. The second-order valence-corrected chi connectivity index (χ2v) is 7.90. The number of hydrogen-bond acceptors (Lipinski definition) is 2. The lowest BCUT2D eigenvalue weighted by molar-refractivity contribution is 0.0781. The van der Waals surface area contributed by atoms with Crippen molar-refractivity contribution in [3.63, 3.8) is 0 Å². The SMILES string of the molecule is Cc1cc(C(=O)N2C[C@H]3CNC[C@H]3C2)c(C)n1-c1ccc(Br)cc1.Cl. The van der Waals surface area contributed by atoms with Crippen molar-refractivity contribution in [1.29, 1.82) is 0 Å². The van der Waals surface area contributed by atoms with Gasteiger partial charge in [0, 0.05) is 47.7 Å². The Balaban J connectivity index is 0.00000182. The smallest absolute Gasteiger partial charge is 0.255 e. The maximum atomic E-state index is 13.0. The predicted molar refractivity (Wildman–Crippen MR) is 106 cm³/mol. The van der Waals surface area contributed by atoms with Crippen LogP contribution in [-0.4, -0.2) is 41.6 Å². The van der Waals surface area contributed by atoms with Crippen molar-refractivity contribution in [3.05, 3.63) is 51.8 Å². The van der Waals surface area contributed by atoms with Crippen molar-refractivity contribution in [2.75, 3.05) is 26.2 Å². The van der Waals surface area contributed by atoms with E-state index < -0.39 is 0 Å². The van der Waals surface area contributed by atoms with Gasteiger partial charge in [0.25, 0.3) is 5.91 Å². The lowest BCUT2D eigenvalue weighted by Crippen LogP contribution is -2.32. The molecule has 2 fully saturated rings. The van der Waals surface area contributed by atoms with Crippen LogP contribution in [0.25, 0.3) is 5.69 Å². The highest BCUT2D eigenvalue weighted by Crippen LogP contribution is 2.29. The third-order valence-corrected chi connectivity index (χ3v) is 5.95. The van der Waals surface area contributed by atoms with Crippen LogP contribution in [0.4, 0.5) is 0 Å². The van der Waals surface area contributed by atoms with Gasteiger partial charge in [-0.15, -0.1) is 12.4 Å². The van der Waals surface area contributed by atoms with E-state index in [-0.39, 0.29) is 18.3 Å². The minimum Gasteiger partial charge on any atom is -0.338 e. The number of nitrogens with one attached hydrogen (secondary N) is 1. The molecular weight excluding hydrogens is 402 g/mol. The van der Waals surface area contributed by atoms with Crippen LogP contribution in [0.2, 0.25) is 0 Å². The standard InChI is InChI=1S/C19H22BrN3O.ClH/c1-12-7-18(13(2)23(12)17-5-3-16(20)4-6-17)19(24)22-10-14-8-21-9-15(14)11-22;/h3-7,14-15,21H,8-11H2,1-2H3;1H/t14-,15+;. The first-order chi connectivity index (χ1) is 11.5. The molecule has 4 nitrogen and oxygen atoms in total. The van der Waals surface area contributed by atoms with Crippen molar-refractivity contribution < 1.29 is 4.79 Å². The van der Waals surface area contributed by atoms with E-state index in [9.17, 15) is 4.79 Å². The fraction of sp³-hybridized carbons (Fsp3) is 0.421. The minimum atomic E-state index is 0. The number of aryl methyl sites for hydroxylation is 1. The van der Waals surface area contributed by atoms with Gasteiger partial charge in [0.15, 0.2) is 0 Å². The van der Waals surface area contributed by atoms with Crippen molar-refractivity contribution in [3.8, 4) is 5.69 Å². The Morgan fingerprint density at radius 1 is 1.12 bits per heavy atom. The normalized spacial score (nSPS) is 22.0. The molecule has 2 aliphatic heterocycles. The van der Waals surface area contributed by atoms with Crippen LogP contribution < -0.4 is 5.32 Å². The summed E-state index contributed by atoms with van der Waals surface area (Å²) in [6.45, 7) is 7.98. The lowest BCUT2D eigenvalue weighted by atomic mass is 10.0. The second kappa shape index (κ2) is 7.14. The van der Waals surface area contributed by atoms with Crippen LogP contribution in [0.1, 0.15) is 21.7 Å². The van der Waals surface area contributed by atoms with E-state index in [1.165, 1.54) is 0 Å². The third-order valence-electron chi connectivity index (χ3n) is 5.42. The molecule has 2 aliphatic rings. The Morgan fingerprint density at radius 3 is 2.32 bits per heavy atom. The maximum absolute atomic E-state index is 13.0. The van der Waals surface area contributed by atoms with Gasteiger partial charge in [-0.25, -0.2) is 0 Å². The Bertz CT molecular complexity index is 775. The molecule has 0 bridgehead atoms. The molecule has 0 aliphatic carbocycles. The highest BCUT2D eigenvalue weighted by Gasteiger charge is 2.38. The van der Waals surface area contributed by atoms with Crippen LogP contribution in [0, 0.1) is 25.7 Å². The van der Waals surface area contributed by atoms with E-state index >= 15 is 0 Å². The average Bonchev–Trinajstić information content (AvgIpc) is 3.22. The molecular formula is C19H23BrClN3O. The summed E-state index contributed by atoms with van der Waals surface area (Å²) in [6, 6.07) is 10.2. The first-order valence-corrected chi connectivity index (χ1v) is 9.29. The highest BCUT2D eigenvalue weighted by molar-refractivity contribution is 9.10. The van der Waals surface area contributed by atoms with Gasteiger partial charge in [0.2, 0.25) is 0 Å². The molecule has 1 aromatic heterocycles. The van der Waals surface area contributed by atoms with Gasteiger partial charge in [0.05, 0.1) is 5.56 Å². The molecule has 0 unspecified atom stereocenters. The van der Waals surface area contributed by atoms with Crippen LogP contribution in [0.5, 0.6) is 0 Å². The zero-order valence-corrected chi connectivity index (χ0v) is 16.9. The van der Waals surface area contributed by atoms with Gasteiger partial charge in [-0.3, -0.25) is 4.79 Å². The van der Waals surface area contributed by atoms with Crippen molar-refractivity contribution >= 4 is 34.2 Å². The Morgan fingerprint density at radius 2 is 1.72 bits per heavy atom. The largest absolute Gasteiger partial charge is 0.338 e. The van der Waals surface area contributed by atoms with Crippen molar-refractivity contribution in [2.24, 2.45) is 11.8 Å². The summed E-state index contributed by atoms with van der Waals surface area (Å²) in [7, 11) is 0. The Kier molecular flexibility index (Phi) is 5.28. The van der Waals surface area contributed by atoms with Crippen molar-refractivity contribution in [1.82, 2.24) is 14.8 Å². The van der Waals surface area contributed by atoms with E-state index in [0.29, 0.717) is 11.8 Å². The molecule has 4 rings (SSSR count). The molecule has 2 saturated heterocycles. The first kappa shape index (κ1) is 18.5. The molecule has 134 valence electrons.